The summed E-state index contributed by atoms with van der Waals surface area (Å²) < 4.78 is 5.59. The molecule has 7 heteroatoms. The second-order valence-corrected chi connectivity index (χ2v) is 6.19. The summed E-state index contributed by atoms with van der Waals surface area (Å²) in [6.45, 7) is 3.10. The molecule has 0 aliphatic rings. The standard InChI is InChI=1S/C21H23N5O2/c1-3-28-19-7-5-4-6-17(19)23-20-9-8-18(24-25-20)21(27)26(2)15-12-16-10-13-22-14-11-16/h4-11,13-14H,3,12,15H2,1-2H3,(H,23,25). The van der Waals surface area contributed by atoms with Crippen LogP contribution in [0, 0.1) is 0 Å². The molecule has 0 radical (unpaired) electrons. The fourth-order valence-electron chi connectivity index (χ4n) is 2.65. The van der Waals surface area contributed by atoms with Crippen molar-refractivity contribution in [2.75, 3.05) is 25.5 Å². The maximum absolute atomic E-state index is 12.5. The van der Waals surface area contributed by atoms with Gasteiger partial charge in [0, 0.05) is 26.0 Å². The third-order valence-corrected chi connectivity index (χ3v) is 4.17. The van der Waals surface area contributed by atoms with E-state index in [0.717, 1.165) is 23.4 Å². The van der Waals surface area contributed by atoms with Crippen molar-refractivity contribution < 1.29 is 9.53 Å². The van der Waals surface area contributed by atoms with Crippen LogP contribution in [0.2, 0.25) is 0 Å². The number of anilines is 2. The van der Waals surface area contributed by atoms with Crippen LogP contribution in [0.3, 0.4) is 0 Å². The molecule has 1 aromatic carbocycles. The smallest absolute Gasteiger partial charge is 0.274 e. The number of carbonyl (C=O) groups is 1. The van der Waals surface area contributed by atoms with Gasteiger partial charge in [-0.25, -0.2) is 0 Å². The summed E-state index contributed by atoms with van der Waals surface area (Å²) in [5.41, 5.74) is 2.24. The van der Waals surface area contributed by atoms with E-state index in [1.807, 2.05) is 43.3 Å². The highest BCUT2D eigenvalue weighted by Gasteiger charge is 2.14. The van der Waals surface area contributed by atoms with Gasteiger partial charge in [0.1, 0.15) is 5.75 Å². The van der Waals surface area contributed by atoms with Gasteiger partial charge in [0.15, 0.2) is 11.5 Å². The molecule has 144 valence electrons. The summed E-state index contributed by atoms with van der Waals surface area (Å²) in [4.78, 5) is 18.2. The van der Waals surface area contributed by atoms with Crippen LogP contribution in [0.4, 0.5) is 11.5 Å². The van der Waals surface area contributed by atoms with Crippen molar-refractivity contribution in [2.24, 2.45) is 0 Å². The van der Waals surface area contributed by atoms with E-state index < -0.39 is 0 Å². The molecule has 1 amide bonds. The van der Waals surface area contributed by atoms with Crippen molar-refractivity contribution in [2.45, 2.75) is 13.3 Å². The summed E-state index contributed by atoms with van der Waals surface area (Å²) in [5, 5.41) is 11.4. The Hall–Kier alpha value is -3.48. The molecule has 2 aromatic heterocycles. The van der Waals surface area contributed by atoms with Crippen LogP contribution in [0.25, 0.3) is 0 Å². The first-order valence-electron chi connectivity index (χ1n) is 9.14. The number of hydrogen-bond acceptors (Lipinski definition) is 6. The van der Waals surface area contributed by atoms with E-state index in [4.69, 9.17) is 4.74 Å². The van der Waals surface area contributed by atoms with Crippen LogP contribution in [0.1, 0.15) is 23.0 Å². The van der Waals surface area contributed by atoms with Crippen LogP contribution < -0.4 is 10.1 Å². The molecule has 0 saturated heterocycles. The zero-order valence-electron chi connectivity index (χ0n) is 16.0. The van der Waals surface area contributed by atoms with E-state index in [0.29, 0.717) is 24.7 Å². The number of rotatable bonds is 8. The minimum atomic E-state index is -0.164. The summed E-state index contributed by atoms with van der Waals surface area (Å²) in [7, 11) is 1.76. The van der Waals surface area contributed by atoms with Gasteiger partial charge in [0.25, 0.3) is 5.91 Å². The summed E-state index contributed by atoms with van der Waals surface area (Å²) in [6, 6.07) is 14.9. The Kier molecular flexibility index (Phi) is 6.51. The Labute approximate surface area is 164 Å². The minimum Gasteiger partial charge on any atom is -0.492 e. The van der Waals surface area contributed by atoms with Crippen molar-refractivity contribution in [1.82, 2.24) is 20.1 Å². The van der Waals surface area contributed by atoms with E-state index >= 15 is 0 Å². The Bertz CT molecular complexity index is 900. The average molecular weight is 377 g/mol. The fraction of sp³-hybridized carbons (Fsp3) is 0.238. The van der Waals surface area contributed by atoms with Crippen molar-refractivity contribution in [1.29, 1.82) is 0 Å². The molecule has 0 unspecified atom stereocenters. The number of benzene rings is 1. The van der Waals surface area contributed by atoms with Crippen molar-refractivity contribution in [3.8, 4) is 5.75 Å². The number of likely N-dealkylation sites (N-methyl/N-ethyl adjacent to an activating group) is 1. The Morgan fingerprint density at radius 3 is 2.57 bits per heavy atom. The van der Waals surface area contributed by atoms with E-state index in [9.17, 15) is 4.79 Å². The lowest BCUT2D eigenvalue weighted by Crippen LogP contribution is -2.29. The molecule has 2 heterocycles. The molecule has 0 fully saturated rings. The van der Waals surface area contributed by atoms with E-state index in [2.05, 4.69) is 20.5 Å². The van der Waals surface area contributed by atoms with Gasteiger partial charge in [-0.3, -0.25) is 9.78 Å². The van der Waals surface area contributed by atoms with E-state index in [1.54, 1.807) is 36.5 Å². The Morgan fingerprint density at radius 2 is 1.86 bits per heavy atom. The lowest BCUT2D eigenvalue weighted by Gasteiger charge is -2.16. The number of aromatic nitrogens is 3. The Balaban J connectivity index is 1.61. The fourth-order valence-corrected chi connectivity index (χ4v) is 2.65. The predicted molar refractivity (Wildman–Crippen MR) is 108 cm³/mol. The van der Waals surface area contributed by atoms with Gasteiger partial charge in [0.2, 0.25) is 0 Å². The molecule has 3 aromatic rings. The molecule has 0 bridgehead atoms. The van der Waals surface area contributed by atoms with Gasteiger partial charge in [-0.05, 0) is 55.3 Å². The zero-order chi connectivity index (χ0) is 19.8. The van der Waals surface area contributed by atoms with Gasteiger partial charge >= 0.3 is 0 Å². The second kappa shape index (κ2) is 9.45. The number of ether oxygens (including phenoxy) is 1. The van der Waals surface area contributed by atoms with E-state index in [1.165, 1.54) is 0 Å². The number of pyridine rings is 1. The molecular formula is C21H23N5O2. The molecule has 0 saturated carbocycles. The first-order valence-corrected chi connectivity index (χ1v) is 9.14. The minimum absolute atomic E-state index is 0.164. The molecule has 1 N–H and O–H groups in total. The monoisotopic (exact) mass is 377 g/mol. The zero-order valence-corrected chi connectivity index (χ0v) is 16.0. The lowest BCUT2D eigenvalue weighted by molar-refractivity contribution is 0.0789. The maximum atomic E-state index is 12.5. The summed E-state index contributed by atoms with van der Waals surface area (Å²) >= 11 is 0. The van der Waals surface area contributed by atoms with Gasteiger partial charge in [-0.15, -0.1) is 10.2 Å². The molecular weight excluding hydrogens is 354 g/mol. The van der Waals surface area contributed by atoms with Gasteiger partial charge in [-0.1, -0.05) is 12.1 Å². The molecule has 28 heavy (non-hydrogen) atoms. The highest BCUT2D eigenvalue weighted by molar-refractivity contribution is 5.92. The van der Waals surface area contributed by atoms with Crippen LogP contribution in [0.5, 0.6) is 5.75 Å². The van der Waals surface area contributed by atoms with Gasteiger partial charge in [0.05, 0.1) is 12.3 Å². The van der Waals surface area contributed by atoms with Crippen molar-refractivity contribution >= 4 is 17.4 Å². The van der Waals surface area contributed by atoms with Gasteiger partial charge < -0.3 is 15.0 Å². The number of hydrogen-bond donors (Lipinski definition) is 1. The van der Waals surface area contributed by atoms with Crippen LogP contribution in [0.15, 0.2) is 60.9 Å². The number of amides is 1. The predicted octanol–water partition coefficient (Wildman–Crippen LogP) is 3.33. The topological polar surface area (TPSA) is 80.2 Å². The van der Waals surface area contributed by atoms with Crippen LogP contribution in [-0.4, -0.2) is 46.2 Å². The average Bonchev–Trinajstić information content (AvgIpc) is 2.74. The first-order chi connectivity index (χ1) is 13.7. The quantitative estimate of drug-likeness (QED) is 0.649. The van der Waals surface area contributed by atoms with Crippen molar-refractivity contribution in [3.05, 3.63) is 72.2 Å². The summed E-state index contributed by atoms with van der Waals surface area (Å²) in [5.74, 6) is 1.12. The number of nitrogens with one attached hydrogen (secondary N) is 1. The lowest BCUT2D eigenvalue weighted by atomic mass is 10.2. The van der Waals surface area contributed by atoms with Crippen LogP contribution >= 0.6 is 0 Å². The third-order valence-electron chi connectivity index (χ3n) is 4.17. The van der Waals surface area contributed by atoms with Crippen molar-refractivity contribution in [3.63, 3.8) is 0 Å². The van der Waals surface area contributed by atoms with Crippen LogP contribution in [-0.2, 0) is 6.42 Å². The summed E-state index contributed by atoms with van der Waals surface area (Å²) in [6.07, 6.45) is 4.25. The number of carbonyl (C=O) groups excluding carboxylic acids is 1. The first kappa shape index (κ1) is 19.3. The number of para-hydroxylation sites is 2. The molecule has 0 aliphatic carbocycles. The molecule has 0 spiro atoms. The Morgan fingerprint density at radius 1 is 1.07 bits per heavy atom. The molecule has 0 atom stereocenters. The third kappa shape index (κ3) is 5.03. The molecule has 7 nitrogen and oxygen atoms in total. The highest BCUT2D eigenvalue weighted by Crippen LogP contribution is 2.26. The normalized spacial score (nSPS) is 10.4. The van der Waals surface area contributed by atoms with Gasteiger partial charge in [-0.2, -0.15) is 0 Å². The number of nitrogens with zero attached hydrogens (tertiary/aromatic N) is 4. The largest absolute Gasteiger partial charge is 0.492 e. The SMILES string of the molecule is CCOc1ccccc1Nc1ccc(C(=O)N(C)CCc2ccncc2)nn1. The maximum Gasteiger partial charge on any atom is 0.274 e. The molecule has 0 aliphatic heterocycles. The second-order valence-electron chi connectivity index (χ2n) is 6.19. The molecule has 3 rings (SSSR count). The highest BCUT2D eigenvalue weighted by atomic mass is 16.5. The van der Waals surface area contributed by atoms with E-state index in [-0.39, 0.29) is 5.91 Å².